The number of hydrogen-bond donors (Lipinski definition) is 3. The van der Waals surface area contributed by atoms with Crippen molar-refractivity contribution in [2.45, 2.75) is 432 Å². The van der Waals surface area contributed by atoms with Crippen LogP contribution in [0, 0.1) is 11.8 Å². The topological polar surface area (TPSA) is 237 Å². The van der Waals surface area contributed by atoms with Gasteiger partial charge in [-0.3, -0.25) is 37.3 Å². The van der Waals surface area contributed by atoms with E-state index in [0.717, 1.165) is 108 Å². The highest BCUT2D eigenvalue weighted by Crippen LogP contribution is 2.45. The first-order chi connectivity index (χ1) is 47.4. The number of aliphatic hydroxyl groups excluding tert-OH is 1. The van der Waals surface area contributed by atoms with Crippen molar-refractivity contribution in [3.05, 3.63) is 0 Å². The molecule has 0 amide bonds. The molecule has 0 aliphatic carbocycles. The molecule has 0 radical (unpaired) electrons. The van der Waals surface area contributed by atoms with Gasteiger partial charge in [-0.05, 0) is 37.5 Å². The van der Waals surface area contributed by atoms with Crippen LogP contribution in [0.3, 0.4) is 0 Å². The zero-order chi connectivity index (χ0) is 72.1. The second-order valence-corrected chi connectivity index (χ2v) is 32.1. The van der Waals surface area contributed by atoms with E-state index in [-0.39, 0.29) is 25.7 Å². The Morgan fingerprint density at radius 1 is 0.296 bits per heavy atom. The Bertz CT molecular complexity index is 1890. The van der Waals surface area contributed by atoms with Crippen molar-refractivity contribution in [1.82, 2.24) is 0 Å². The number of hydrogen-bond acceptors (Lipinski definition) is 15. The van der Waals surface area contributed by atoms with Crippen molar-refractivity contribution in [3.63, 3.8) is 0 Å². The third kappa shape index (κ3) is 71.1. The fraction of sp³-hybridized carbons (Fsp3) is 0.949. The second-order valence-electron chi connectivity index (χ2n) is 29.2. The molecule has 98 heavy (non-hydrogen) atoms. The van der Waals surface area contributed by atoms with E-state index >= 15 is 0 Å². The third-order valence-electron chi connectivity index (χ3n) is 18.8. The van der Waals surface area contributed by atoms with E-state index in [1.807, 2.05) is 0 Å². The molecule has 0 aliphatic rings. The Kier molecular flexibility index (Phi) is 69.3. The normalized spacial score (nSPS) is 14.2. The Labute approximate surface area is 600 Å². The second kappa shape index (κ2) is 70.7. The van der Waals surface area contributed by atoms with Crippen LogP contribution in [0.4, 0.5) is 0 Å². The number of rotatable bonds is 78. The van der Waals surface area contributed by atoms with Crippen molar-refractivity contribution in [3.8, 4) is 0 Å². The summed E-state index contributed by atoms with van der Waals surface area (Å²) in [5.74, 6) is -0.646. The number of aliphatic hydroxyl groups is 1. The molecule has 0 fully saturated rings. The minimum absolute atomic E-state index is 0.105. The summed E-state index contributed by atoms with van der Waals surface area (Å²) in [6.07, 6.45) is 59.8. The SMILES string of the molecule is CCCCCCCCCCCCCCCCCCCCCC(=O)O[C@H](COC(=O)CCCCCCCCCCCCCCCCCCC)COP(=O)(O)OC[C@@H](O)COP(=O)(O)OC[C@@H](COC(=O)CCCCCCCCC(C)CC)OC(=O)CCCCCCCCCCCC(C)C. The largest absolute Gasteiger partial charge is 0.472 e. The lowest BCUT2D eigenvalue weighted by Crippen LogP contribution is -2.30. The van der Waals surface area contributed by atoms with Gasteiger partial charge in [0.1, 0.15) is 19.3 Å². The molecule has 0 aromatic heterocycles. The molecule has 582 valence electrons. The molecular weight excluding hydrogens is 1280 g/mol. The predicted molar refractivity (Wildman–Crippen MR) is 400 cm³/mol. The molecule has 3 unspecified atom stereocenters. The summed E-state index contributed by atoms with van der Waals surface area (Å²) >= 11 is 0. The molecule has 0 heterocycles. The maximum absolute atomic E-state index is 13.1. The van der Waals surface area contributed by atoms with Crippen LogP contribution in [-0.4, -0.2) is 96.7 Å². The van der Waals surface area contributed by atoms with Gasteiger partial charge in [-0.15, -0.1) is 0 Å². The number of carbonyl (C=O) groups is 4. The lowest BCUT2D eigenvalue weighted by Gasteiger charge is -2.21. The molecule has 6 atom stereocenters. The van der Waals surface area contributed by atoms with E-state index in [4.69, 9.17) is 37.0 Å². The van der Waals surface area contributed by atoms with Crippen LogP contribution < -0.4 is 0 Å². The lowest BCUT2D eigenvalue weighted by molar-refractivity contribution is -0.161. The van der Waals surface area contributed by atoms with Crippen LogP contribution in [-0.2, 0) is 65.4 Å². The number of ether oxygens (including phenoxy) is 4. The van der Waals surface area contributed by atoms with E-state index in [1.165, 1.54) is 225 Å². The molecule has 19 heteroatoms. The minimum Gasteiger partial charge on any atom is -0.462 e. The van der Waals surface area contributed by atoms with Crippen LogP contribution >= 0.6 is 15.6 Å². The summed E-state index contributed by atoms with van der Waals surface area (Å²) in [6.45, 7) is 9.55. The first kappa shape index (κ1) is 96.1. The Morgan fingerprint density at radius 3 is 0.776 bits per heavy atom. The van der Waals surface area contributed by atoms with Gasteiger partial charge in [0, 0.05) is 25.7 Å². The summed E-state index contributed by atoms with van der Waals surface area (Å²) < 4.78 is 68.6. The first-order valence-electron chi connectivity index (χ1n) is 41.0. The summed E-state index contributed by atoms with van der Waals surface area (Å²) in [5.41, 5.74) is 0. The van der Waals surface area contributed by atoms with Gasteiger partial charge in [-0.25, -0.2) is 9.13 Å². The smallest absolute Gasteiger partial charge is 0.462 e. The summed E-state index contributed by atoms with van der Waals surface area (Å²) in [4.78, 5) is 72.9. The molecule has 0 spiro atoms. The molecule has 0 rings (SSSR count). The first-order valence-corrected chi connectivity index (χ1v) is 44.0. The van der Waals surface area contributed by atoms with E-state index in [1.54, 1.807) is 0 Å². The molecule has 0 aromatic rings. The Morgan fingerprint density at radius 2 is 0.520 bits per heavy atom. The molecule has 17 nitrogen and oxygen atoms in total. The van der Waals surface area contributed by atoms with E-state index in [2.05, 4.69) is 41.5 Å². The molecule has 0 bridgehead atoms. The van der Waals surface area contributed by atoms with Crippen molar-refractivity contribution >= 4 is 39.5 Å². The van der Waals surface area contributed by atoms with Gasteiger partial charge in [0.2, 0.25) is 0 Å². The van der Waals surface area contributed by atoms with Gasteiger partial charge >= 0.3 is 39.5 Å². The van der Waals surface area contributed by atoms with Gasteiger partial charge < -0.3 is 33.8 Å². The Hall–Kier alpha value is -1.94. The average molecular weight is 1440 g/mol. The fourth-order valence-corrected chi connectivity index (χ4v) is 13.7. The molecular formula is C79H154O17P2. The maximum atomic E-state index is 13.1. The van der Waals surface area contributed by atoms with Gasteiger partial charge in [-0.2, -0.15) is 0 Å². The number of phosphoric ester groups is 2. The minimum atomic E-state index is -4.96. The average Bonchev–Trinajstić information content (AvgIpc) is 0.933. The van der Waals surface area contributed by atoms with Crippen LogP contribution in [0.5, 0.6) is 0 Å². The van der Waals surface area contributed by atoms with E-state index < -0.39 is 97.5 Å². The van der Waals surface area contributed by atoms with Crippen LogP contribution in [0.15, 0.2) is 0 Å². The monoisotopic (exact) mass is 1440 g/mol. The van der Waals surface area contributed by atoms with Crippen LogP contribution in [0.2, 0.25) is 0 Å². The number of esters is 4. The van der Waals surface area contributed by atoms with Crippen molar-refractivity contribution in [2.75, 3.05) is 39.6 Å². The van der Waals surface area contributed by atoms with Crippen LogP contribution in [0.1, 0.15) is 414 Å². The highest BCUT2D eigenvalue weighted by Gasteiger charge is 2.30. The molecule has 0 saturated heterocycles. The number of unbranched alkanes of at least 4 members (excludes halogenated alkanes) is 47. The highest BCUT2D eigenvalue weighted by atomic mass is 31.2. The van der Waals surface area contributed by atoms with E-state index in [9.17, 15) is 43.2 Å². The quantitative estimate of drug-likeness (QED) is 0.0222. The summed E-state index contributed by atoms with van der Waals surface area (Å²) in [7, 11) is -9.92. The third-order valence-corrected chi connectivity index (χ3v) is 20.7. The van der Waals surface area contributed by atoms with Gasteiger partial charge in [-0.1, -0.05) is 363 Å². The highest BCUT2D eigenvalue weighted by molar-refractivity contribution is 7.47. The number of carbonyl (C=O) groups excluding carboxylic acids is 4. The summed E-state index contributed by atoms with van der Waals surface area (Å²) in [6, 6.07) is 0. The predicted octanol–water partition coefficient (Wildman–Crippen LogP) is 23.5. The van der Waals surface area contributed by atoms with Crippen LogP contribution in [0.25, 0.3) is 0 Å². The summed E-state index contributed by atoms with van der Waals surface area (Å²) in [5, 5.41) is 10.6. The fourth-order valence-electron chi connectivity index (χ4n) is 12.2. The Balaban J connectivity index is 5.23. The molecule has 0 aromatic carbocycles. The van der Waals surface area contributed by atoms with Gasteiger partial charge in [0.05, 0.1) is 26.4 Å². The lowest BCUT2D eigenvalue weighted by atomic mass is 10.00. The molecule has 0 aliphatic heterocycles. The molecule has 0 saturated carbocycles. The van der Waals surface area contributed by atoms with Crippen molar-refractivity contribution in [1.29, 1.82) is 0 Å². The molecule has 3 N–H and O–H groups in total. The van der Waals surface area contributed by atoms with Crippen molar-refractivity contribution < 1.29 is 80.2 Å². The number of phosphoric acid groups is 2. The maximum Gasteiger partial charge on any atom is 0.472 e. The van der Waals surface area contributed by atoms with E-state index in [0.29, 0.717) is 25.7 Å². The van der Waals surface area contributed by atoms with Gasteiger partial charge in [0.15, 0.2) is 12.2 Å². The van der Waals surface area contributed by atoms with Crippen molar-refractivity contribution in [2.24, 2.45) is 11.8 Å². The van der Waals surface area contributed by atoms with Gasteiger partial charge in [0.25, 0.3) is 0 Å². The zero-order valence-corrected chi connectivity index (χ0v) is 65.9. The standard InChI is InChI=1S/C79H154O17P2/c1-7-10-12-14-16-18-20-22-24-26-27-29-31-33-35-39-43-51-57-63-78(83)95-74(67-89-76(81)61-55-49-42-38-34-32-30-28-25-23-21-19-17-15-13-11-8-2)69-93-97(85,86)91-65-73(80)66-92-98(87,88)94-70-75(68-90-77(82)62-56-50-46-45-48-54-60-72(6)9-3)96-79(84)64-58-52-44-40-36-37-41-47-53-59-71(4)5/h71-75,80H,7-70H2,1-6H3,(H,85,86)(H,87,88)/t72?,73-,74-,75-/m1/s1. The zero-order valence-electron chi connectivity index (χ0n) is 64.1.